The van der Waals surface area contributed by atoms with Gasteiger partial charge in [-0.25, -0.2) is 4.79 Å². The lowest BCUT2D eigenvalue weighted by molar-refractivity contribution is 0.0525. The number of esters is 1. The number of benzene rings is 1. The van der Waals surface area contributed by atoms with Crippen LogP contribution in [0.2, 0.25) is 5.04 Å². The highest BCUT2D eigenvalue weighted by atomic mass is 28.2. The minimum absolute atomic E-state index is 0.0792. The molecule has 0 aliphatic carbocycles. The molecule has 1 rings (SSSR count). The molecule has 122 valence electrons. The summed E-state index contributed by atoms with van der Waals surface area (Å²) >= 11 is 0. The molecule has 4 nitrogen and oxygen atoms in total. The first-order valence-corrected chi connectivity index (χ1v) is 8.37. The van der Waals surface area contributed by atoms with Gasteiger partial charge in [0.2, 0.25) is 9.76 Å². The normalized spacial score (nSPS) is 12.3. The summed E-state index contributed by atoms with van der Waals surface area (Å²) in [5.74, 6) is -0.381. The van der Waals surface area contributed by atoms with Crippen LogP contribution in [0, 0.1) is 0 Å². The Kier molecular flexibility index (Phi) is 6.34. The molecule has 5 heteroatoms. The maximum absolute atomic E-state index is 12.0. The largest absolute Gasteiger partial charge is 0.462 e. The summed E-state index contributed by atoms with van der Waals surface area (Å²) < 4.78 is 11.1. The van der Waals surface area contributed by atoms with E-state index in [-0.39, 0.29) is 17.6 Å². The van der Waals surface area contributed by atoms with E-state index in [1.807, 2.05) is 19.9 Å². The van der Waals surface area contributed by atoms with Crippen LogP contribution in [0.3, 0.4) is 0 Å². The number of carbonyl (C=O) groups is 1. The SMILES string of the molecule is CCOC(=O)c1cc(CO)cc(C(C)(C)O[Si]C(C)(C)C)c1. The number of hydrogen-bond acceptors (Lipinski definition) is 4. The van der Waals surface area contributed by atoms with Crippen molar-refractivity contribution in [1.82, 2.24) is 0 Å². The van der Waals surface area contributed by atoms with Crippen molar-refractivity contribution in [3.63, 3.8) is 0 Å². The second kappa shape index (κ2) is 7.40. The molecule has 1 aromatic rings. The molecule has 2 radical (unpaired) electrons. The maximum atomic E-state index is 12.0. The van der Waals surface area contributed by atoms with Gasteiger partial charge in [-0.15, -0.1) is 0 Å². The van der Waals surface area contributed by atoms with Gasteiger partial charge in [-0.3, -0.25) is 0 Å². The first-order chi connectivity index (χ1) is 10.1. The zero-order chi connectivity index (χ0) is 17.0. The van der Waals surface area contributed by atoms with Gasteiger partial charge in [-0.1, -0.05) is 26.8 Å². The molecule has 0 aliphatic rings. The van der Waals surface area contributed by atoms with Crippen molar-refractivity contribution in [2.75, 3.05) is 6.61 Å². The van der Waals surface area contributed by atoms with E-state index in [0.29, 0.717) is 27.5 Å². The van der Waals surface area contributed by atoms with Crippen molar-refractivity contribution >= 4 is 15.7 Å². The van der Waals surface area contributed by atoms with E-state index in [9.17, 15) is 9.90 Å². The van der Waals surface area contributed by atoms with Crippen molar-refractivity contribution in [2.45, 2.75) is 58.8 Å². The third-order valence-electron chi connectivity index (χ3n) is 2.99. The molecule has 0 bridgehead atoms. The highest BCUT2D eigenvalue weighted by Crippen LogP contribution is 2.30. The Morgan fingerprint density at radius 3 is 2.32 bits per heavy atom. The molecule has 0 atom stereocenters. The molecule has 0 aliphatic heterocycles. The van der Waals surface area contributed by atoms with Gasteiger partial charge < -0.3 is 14.3 Å². The summed E-state index contributed by atoms with van der Waals surface area (Å²) in [6, 6.07) is 5.31. The topological polar surface area (TPSA) is 55.8 Å². The van der Waals surface area contributed by atoms with Gasteiger partial charge in [0.25, 0.3) is 0 Å². The van der Waals surface area contributed by atoms with Gasteiger partial charge in [0.15, 0.2) is 0 Å². The Morgan fingerprint density at radius 1 is 1.18 bits per heavy atom. The molecule has 0 heterocycles. The molecule has 0 spiro atoms. The fraction of sp³-hybridized carbons (Fsp3) is 0.588. The Labute approximate surface area is 135 Å². The zero-order valence-electron chi connectivity index (χ0n) is 14.3. The van der Waals surface area contributed by atoms with Crippen molar-refractivity contribution in [3.05, 3.63) is 34.9 Å². The molecular weight excluding hydrogens is 296 g/mol. The quantitative estimate of drug-likeness (QED) is 0.644. The monoisotopic (exact) mass is 322 g/mol. The first kappa shape index (κ1) is 18.9. The molecule has 0 unspecified atom stereocenters. The zero-order valence-corrected chi connectivity index (χ0v) is 15.3. The van der Waals surface area contributed by atoms with Gasteiger partial charge in [-0.2, -0.15) is 0 Å². The Bertz CT molecular complexity index is 518. The Morgan fingerprint density at radius 2 is 1.82 bits per heavy atom. The van der Waals surface area contributed by atoms with E-state index in [0.717, 1.165) is 5.56 Å². The fourth-order valence-corrected chi connectivity index (χ4v) is 2.48. The molecule has 1 N–H and O–H groups in total. The van der Waals surface area contributed by atoms with Crippen LogP contribution in [0.5, 0.6) is 0 Å². The van der Waals surface area contributed by atoms with Crippen molar-refractivity contribution in [2.24, 2.45) is 0 Å². The minimum atomic E-state index is -0.544. The van der Waals surface area contributed by atoms with Gasteiger partial charge in [0, 0.05) is 0 Å². The number of aliphatic hydroxyl groups is 1. The molecule has 0 saturated heterocycles. The number of aliphatic hydroxyl groups excluding tert-OH is 1. The van der Waals surface area contributed by atoms with E-state index in [2.05, 4.69) is 20.8 Å². The van der Waals surface area contributed by atoms with Gasteiger partial charge in [0.05, 0.1) is 24.4 Å². The van der Waals surface area contributed by atoms with Crippen LogP contribution < -0.4 is 0 Å². The Balaban J connectivity index is 3.11. The minimum Gasteiger partial charge on any atom is -0.462 e. The molecule has 0 saturated carbocycles. The summed E-state index contributed by atoms with van der Waals surface area (Å²) in [7, 11) is 0.329. The highest BCUT2D eigenvalue weighted by Gasteiger charge is 2.26. The maximum Gasteiger partial charge on any atom is 0.338 e. The third kappa shape index (κ3) is 5.55. The van der Waals surface area contributed by atoms with Gasteiger partial charge in [-0.05, 0) is 49.1 Å². The van der Waals surface area contributed by atoms with E-state index in [1.54, 1.807) is 19.1 Å². The second-order valence-electron chi connectivity index (χ2n) is 6.76. The summed E-state index contributed by atoms with van der Waals surface area (Å²) in [4.78, 5) is 12.0. The van der Waals surface area contributed by atoms with Crippen molar-refractivity contribution in [1.29, 1.82) is 0 Å². The summed E-state index contributed by atoms with van der Waals surface area (Å²) in [6.07, 6.45) is 0. The van der Waals surface area contributed by atoms with Crippen LogP contribution in [0.15, 0.2) is 18.2 Å². The van der Waals surface area contributed by atoms with Crippen molar-refractivity contribution in [3.8, 4) is 0 Å². The van der Waals surface area contributed by atoms with E-state index in [4.69, 9.17) is 9.16 Å². The first-order valence-electron chi connectivity index (χ1n) is 7.46. The predicted molar refractivity (Wildman–Crippen MR) is 87.9 cm³/mol. The van der Waals surface area contributed by atoms with Crippen LogP contribution in [-0.2, 0) is 21.4 Å². The van der Waals surface area contributed by atoms with Crippen LogP contribution in [0.1, 0.15) is 63.0 Å². The second-order valence-corrected chi connectivity index (χ2v) is 8.67. The lowest BCUT2D eigenvalue weighted by atomic mass is 9.94. The van der Waals surface area contributed by atoms with E-state index in [1.165, 1.54) is 0 Å². The van der Waals surface area contributed by atoms with Crippen LogP contribution >= 0.6 is 0 Å². The van der Waals surface area contributed by atoms with Crippen LogP contribution in [0.4, 0.5) is 0 Å². The molecule has 1 aromatic carbocycles. The van der Waals surface area contributed by atoms with E-state index < -0.39 is 5.60 Å². The smallest absolute Gasteiger partial charge is 0.338 e. The number of hydrogen-bond donors (Lipinski definition) is 1. The average Bonchev–Trinajstić information content (AvgIpc) is 2.44. The molecular formula is C17H26O4Si. The predicted octanol–water partition coefficient (Wildman–Crippen LogP) is 3.44. The lowest BCUT2D eigenvalue weighted by Crippen LogP contribution is -2.28. The highest BCUT2D eigenvalue weighted by molar-refractivity contribution is 6.31. The summed E-state index contributed by atoms with van der Waals surface area (Å²) in [5, 5.41) is 9.51. The number of ether oxygens (including phenoxy) is 1. The number of rotatable bonds is 6. The third-order valence-corrected chi connectivity index (χ3v) is 4.22. The van der Waals surface area contributed by atoms with Crippen LogP contribution in [0.25, 0.3) is 0 Å². The van der Waals surface area contributed by atoms with Crippen LogP contribution in [-0.4, -0.2) is 27.4 Å². The molecule has 22 heavy (non-hydrogen) atoms. The lowest BCUT2D eigenvalue weighted by Gasteiger charge is -2.30. The van der Waals surface area contributed by atoms with Gasteiger partial charge >= 0.3 is 5.97 Å². The summed E-state index contributed by atoms with van der Waals surface area (Å²) in [5.41, 5.74) is 1.44. The standard InChI is InChI=1S/C17H26O4Si/c1-7-20-15(19)13-8-12(11-18)9-14(10-13)17(5,6)21-22-16(2,3)4/h8-10,18H,7,11H2,1-6H3. The molecule has 0 fully saturated rings. The summed E-state index contributed by atoms with van der Waals surface area (Å²) in [6.45, 7) is 12.3. The average molecular weight is 322 g/mol. The van der Waals surface area contributed by atoms with E-state index >= 15 is 0 Å². The van der Waals surface area contributed by atoms with Gasteiger partial charge in [0.1, 0.15) is 0 Å². The number of carbonyl (C=O) groups excluding carboxylic acids is 1. The Hall–Kier alpha value is -1.17. The molecule has 0 aromatic heterocycles. The fourth-order valence-electron chi connectivity index (χ4n) is 1.80. The van der Waals surface area contributed by atoms with Crippen molar-refractivity contribution < 1.29 is 19.1 Å². The molecule has 0 amide bonds.